The lowest BCUT2D eigenvalue weighted by atomic mass is 9.91. The first-order valence-electron chi connectivity index (χ1n) is 14.7. The van der Waals surface area contributed by atoms with Crippen molar-refractivity contribution in [2.45, 2.75) is 131 Å². The Kier molecular flexibility index (Phi) is 12.9. The zero-order chi connectivity index (χ0) is 33.3. The van der Waals surface area contributed by atoms with Gasteiger partial charge < -0.3 is 94.1 Å². The van der Waals surface area contributed by atoms with Gasteiger partial charge in [-0.25, -0.2) is 0 Å². The van der Waals surface area contributed by atoms with Crippen LogP contribution in [0.15, 0.2) is 0 Å². The normalized spacial score (nSPS) is 52.9. The van der Waals surface area contributed by atoms with Crippen LogP contribution >= 0.6 is 0 Å². The van der Waals surface area contributed by atoms with Gasteiger partial charge in [0.05, 0.1) is 32.0 Å². The maximum Gasteiger partial charge on any atom is 0.187 e. The summed E-state index contributed by atoms with van der Waals surface area (Å²) < 4.78 is 45.6. The van der Waals surface area contributed by atoms with Gasteiger partial charge in [0.15, 0.2) is 25.2 Å². The van der Waals surface area contributed by atoms with E-state index in [1.807, 2.05) is 0 Å². The highest BCUT2D eigenvalue weighted by Gasteiger charge is 2.56. The second kappa shape index (κ2) is 15.6. The average Bonchev–Trinajstić information content (AvgIpc) is 3.03. The summed E-state index contributed by atoms with van der Waals surface area (Å²) in [6.07, 6.45) is -30.0. The van der Waals surface area contributed by atoms with Crippen molar-refractivity contribution in [3.05, 3.63) is 0 Å². The van der Waals surface area contributed by atoms with Gasteiger partial charge in [0, 0.05) is 13.0 Å². The summed E-state index contributed by atoms with van der Waals surface area (Å²) in [5.41, 5.74) is 0. The molecule has 0 spiro atoms. The largest absolute Gasteiger partial charge is 0.394 e. The van der Waals surface area contributed by atoms with Crippen LogP contribution in [0.4, 0.5) is 0 Å². The molecule has 11 N–H and O–H groups in total. The number of hydrogen-bond acceptors (Lipinski definition) is 19. The molecule has 20 atom stereocenters. The molecule has 19 nitrogen and oxygen atoms in total. The Morgan fingerprint density at radius 1 is 0.444 bits per heavy atom. The highest BCUT2D eigenvalue weighted by molar-refractivity contribution is 4.98. The van der Waals surface area contributed by atoms with Gasteiger partial charge in [0.2, 0.25) is 0 Å². The highest BCUT2D eigenvalue weighted by atomic mass is 16.8. The van der Waals surface area contributed by atoms with E-state index in [1.54, 1.807) is 6.92 Å². The zero-order valence-electron chi connectivity index (χ0n) is 24.9. The first kappa shape index (κ1) is 37.1. The van der Waals surface area contributed by atoms with Crippen LogP contribution in [0.5, 0.6) is 0 Å². The first-order valence-corrected chi connectivity index (χ1v) is 14.7. The fourth-order valence-corrected chi connectivity index (χ4v) is 5.86. The summed E-state index contributed by atoms with van der Waals surface area (Å²) in [4.78, 5) is 0. The van der Waals surface area contributed by atoms with E-state index in [4.69, 9.17) is 37.9 Å². The van der Waals surface area contributed by atoms with Crippen molar-refractivity contribution in [3.8, 4) is 0 Å². The van der Waals surface area contributed by atoms with Crippen LogP contribution in [0.2, 0.25) is 0 Å². The Morgan fingerprint density at radius 2 is 0.911 bits per heavy atom. The fourth-order valence-electron chi connectivity index (χ4n) is 5.86. The van der Waals surface area contributed by atoms with E-state index in [1.165, 1.54) is 14.0 Å². The monoisotopic (exact) mass is 662 g/mol. The molecule has 0 amide bonds. The molecule has 0 aromatic heterocycles. The van der Waals surface area contributed by atoms with Crippen LogP contribution in [0.3, 0.4) is 0 Å². The van der Waals surface area contributed by atoms with E-state index in [0.29, 0.717) is 0 Å². The molecule has 0 aliphatic carbocycles. The quantitative estimate of drug-likeness (QED) is 0.104. The maximum absolute atomic E-state index is 11.2. The molecule has 4 fully saturated rings. The Balaban J connectivity index is 1.69. The number of rotatable bonds is 10. The molecule has 264 valence electrons. The maximum atomic E-state index is 11.2. The van der Waals surface area contributed by atoms with Gasteiger partial charge in [0.1, 0.15) is 79.4 Å². The molecular weight excluding hydrogens is 616 g/mol. The second-order valence-electron chi connectivity index (χ2n) is 11.7. The number of aliphatic hydroxyl groups excluding tert-OH is 11. The lowest BCUT2D eigenvalue weighted by molar-refractivity contribution is -0.403. The molecule has 0 bridgehead atoms. The van der Waals surface area contributed by atoms with Gasteiger partial charge >= 0.3 is 0 Å². The van der Waals surface area contributed by atoms with E-state index in [2.05, 4.69) is 0 Å². The summed E-state index contributed by atoms with van der Waals surface area (Å²) in [6.45, 7) is 0.686. The van der Waals surface area contributed by atoms with Crippen LogP contribution < -0.4 is 0 Å². The van der Waals surface area contributed by atoms with Crippen molar-refractivity contribution >= 4 is 0 Å². The van der Waals surface area contributed by atoms with Crippen molar-refractivity contribution < 1.29 is 94.1 Å². The molecule has 8 unspecified atom stereocenters. The summed E-state index contributed by atoms with van der Waals surface area (Å²) in [5.74, 6) is -0.702. The molecule has 4 rings (SSSR count). The smallest absolute Gasteiger partial charge is 0.187 e. The van der Waals surface area contributed by atoms with Crippen LogP contribution in [0.25, 0.3) is 0 Å². The van der Waals surface area contributed by atoms with Crippen molar-refractivity contribution in [1.82, 2.24) is 0 Å². The van der Waals surface area contributed by atoms with Crippen LogP contribution in [-0.2, 0) is 37.9 Å². The summed E-state index contributed by atoms with van der Waals surface area (Å²) in [6, 6.07) is 0. The lowest BCUT2D eigenvalue weighted by Crippen LogP contribution is -2.68. The van der Waals surface area contributed by atoms with E-state index < -0.39 is 142 Å². The molecule has 4 aliphatic rings. The van der Waals surface area contributed by atoms with Gasteiger partial charge in [0.25, 0.3) is 0 Å². The Morgan fingerprint density at radius 3 is 1.49 bits per heavy atom. The summed E-state index contributed by atoms with van der Waals surface area (Å²) >= 11 is 0. The van der Waals surface area contributed by atoms with E-state index in [0.717, 1.165) is 0 Å². The highest BCUT2D eigenvalue weighted by Crippen LogP contribution is 2.36. The second-order valence-corrected chi connectivity index (χ2v) is 11.7. The van der Waals surface area contributed by atoms with Crippen molar-refractivity contribution in [2.75, 3.05) is 26.9 Å². The van der Waals surface area contributed by atoms with Gasteiger partial charge in [-0.1, -0.05) is 6.92 Å². The third kappa shape index (κ3) is 7.47. The van der Waals surface area contributed by atoms with Gasteiger partial charge in [-0.05, 0) is 6.92 Å². The standard InChI is InChI=1S/C26H46O19/c1-7-12(30)20(11(6-29)42-23(7)38-3)43-26-22(45-24-18(36)16(34)13(31)8(2)39-24)21(15(33)10(5-28)41-26)44-25-19(37)17(35)14(32)9(4-27)40-25/h7-37H,4-6H2,1-3H3/t7?,8?,9?,10?,11?,12-,13-,14+,15+,16+,17+,18?,19?,20-,21+,22?,23-,24+,25-,26+/m1/s1. The summed E-state index contributed by atoms with van der Waals surface area (Å²) in [5, 5.41) is 114. The Hall–Kier alpha value is -0.760. The van der Waals surface area contributed by atoms with Gasteiger partial charge in [-0.15, -0.1) is 0 Å². The number of hydrogen-bond donors (Lipinski definition) is 11. The first-order chi connectivity index (χ1) is 21.3. The molecule has 0 saturated carbocycles. The Bertz CT molecular complexity index is 913. The third-order valence-electron chi connectivity index (χ3n) is 8.72. The fraction of sp³-hybridized carbons (Fsp3) is 1.00. The lowest BCUT2D eigenvalue weighted by Gasteiger charge is -2.50. The van der Waals surface area contributed by atoms with Crippen molar-refractivity contribution in [3.63, 3.8) is 0 Å². The molecule has 45 heavy (non-hydrogen) atoms. The average molecular weight is 663 g/mol. The number of ether oxygens (including phenoxy) is 8. The molecule has 4 aliphatic heterocycles. The molecule has 4 saturated heterocycles. The van der Waals surface area contributed by atoms with E-state index in [9.17, 15) is 56.2 Å². The van der Waals surface area contributed by atoms with Gasteiger partial charge in [-0.3, -0.25) is 0 Å². The number of aliphatic hydroxyl groups is 11. The zero-order valence-corrected chi connectivity index (χ0v) is 24.9. The SMILES string of the molecule is CO[C@@H]1OC(CO)[C@@H](O[C@@H]2OC(CO)[C@H](O)[C@H](O[C@H]3OC(CO)[C@H](O)[C@H](O)C3O)C2O[C@@H]2OC(C)[C@@H](O)[C@H](O)C2O)[C@H](O)C1C. The predicted octanol–water partition coefficient (Wildman–Crippen LogP) is -6.79. The van der Waals surface area contributed by atoms with E-state index >= 15 is 0 Å². The molecule has 4 heterocycles. The van der Waals surface area contributed by atoms with Crippen molar-refractivity contribution in [2.24, 2.45) is 5.92 Å². The Labute approximate surface area is 257 Å². The molecule has 0 radical (unpaired) electrons. The van der Waals surface area contributed by atoms with Gasteiger partial charge in [-0.2, -0.15) is 0 Å². The summed E-state index contributed by atoms with van der Waals surface area (Å²) in [7, 11) is 1.34. The van der Waals surface area contributed by atoms with Crippen LogP contribution in [0, 0.1) is 5.92 Å². The molecule has 19 heteroatoms. The number of methoxy groups -OCH3 is 1. The minimum Gasteiger partial charge on any atom is -0.394 e. The molecule has 0 aromatic carbocycles. The van der Waals surface area contributed by atoms with Crippen LogP contribution in [-0.4, -0.2) is 200 Å². The predicted molar refractivity (Wildman–Crippen MR) is 140 cm³/mol. The van der Waals surface area contributed by atoms with Crippen LogP contribution in [0.1, 0.15) is 13.8 Å². The minimum atomic E-state index is -1.93. The minimum absolute atomic E-state index is 0.657. The third-order valence-corrected chi connectivity index (χ3v) is 8.72. The topological polar surface area (TPSA) is 296 Å². The van der Waals surface area contributed by atoms with E-state index in [-0.39, 0.29) is 0 Å². The van der Waals surface area contributed by atoms with Crippen molar-refractivity contribution in [1.29, 1.82) is 0 Å². The molecular formula is C26H46O19. The molecule has 0 aromatic rings.